The van der Waals surface area contributed by atoms with Crippen molar-refractivity contribution in [2.24, 2.45) is 0 Å². The summed E-state index contributed by atoms with van der Waals surface area (Å²) >= 11 is 3.31. The van der Waals surface area contributed by atoms with Gasteiger partial charge in [-0.2, -0.15) is 4.98 Å². The first-order valence-electron chi connectivity index (χ1n) is 12.6. The lowest BCUT2D eigenvalue weighted by Gasteiger charge is -2.36. The summed E-state index contributed by atoms with van der Waals surface area (Å²) in [5.41, 5.74) is 4.94. The predicted octanol–water partition coefficient (Wildman–Crippen LogP) is 4.27. The molecule has 0 atom stereocenters. The van der Waals surface area contributed by atoms with Crippen molar-refractivity contribution in [1.29, 1.82) is 0 Å². The molecule has 200 valence electrons. The second kappa shape index (κ2) is 11.9. The molecular weight excluding hydrogens is 548 g/mol. The maximum Gasteiger partial charge on any atom is 0.292 e. The van der Waals surface area contributed by atoms with Gasteiger partial charge >= 0.3 is 0 Å². The molecular formula is C28H33BrN6O3. The van der Waals surface area contributed by atoms with Crippen LogP contribution in [0.4, 0.5) is 5.69 Å². The van der Waals surface area contributed by atoms with Crippen LogP contribution in [0.5, 0.6) is 0 Å². The van der Waals surface area contributed by atoms with Crippen LogP contribution in [0.2, 0.25) is 0 Å². The number of allylic oxidation sites excluding steroid dienone is 1. The molecule has 10 heteroatoms. The number of carbonyl (C=O) groups excluding carboxylic acids is 2. The zero-order chi connectivity index (χ0) is 27.3. The quantitative estimate of drug-likeness (QED) is 0.328. The number of amides is 2. The fourth-order valence-electron chi connectivity index (χ4n) is 4.24. The third kappa shape index (κ3) is 6.48. The SMILES string of the molecule is Cc1cc(-c2ccncc2N2CCN(C(=O)/C=C/CBr)CC2)ccc1CNC(=O)c1noc(C(C)(C)C)n1. The van der Waals surface area contributed by atoms with Gasteiger partial charge in [0, 0.05) is 55.2 Å². The van der Waals surface area contributed by atoms with Gasteiger partial charge in [0.25, 0.3) is 11.7 Å². The molecule has 3 aromatic rings. The van der Waals surface area contributed by atoms with Crippen LogP contribution < -0.4 is 10.2 Å². The van der Waals surface area contributed by atoms with E-state index in [1.54, 1.807) is 12.3 Å². The van der Waals surface area contributed by atoms with Crippen molar-refractivity contribution in [2.45, 2.75) is 39.7 Å². The lowest BCUT2D eigenvalue weighted by atomic mass is 9.97. The molecule has 1 saturated heterocycles. The van der Waals surface area contributed by atoms with E-state index in [1.807, 2.05) is 57.0 Å². The zero-order valence-corrected chi connectivity index (χ0v) is 23.8. The molecule has 0 spiro atoms. The lowest BCUT2D eigenvalue weighted by molar-refractivity contribution is -0.126. The number of piperazine rings is 1. The number of nitrogens with zero attached hydrogens (tertiary/aromatic N) is 5. The maximum absolute atomic E-state index is 12.6. The Morgan fingerprint density at radius 2 is 1.92 bits per heavy atom. The minimum Gasteiger partial charge on any atom is -0.366 e. The van der Waals surface area contributed by atoms with Crippen LogP contribution >= 0.6 is 15.9 Å². The number of aromatic nitrogens is 3. The Kier molecular flexibility index (Phi) is 8.61. The average molecular weight is 582 g/mol. The molecule has 38 heavy (non-hydrogen) atoms. The molecule has 1 fully saturated rings. The second-order valence-electron chi connectivity index (χ2n) is 10.3. The van der Waals surface area contributed by atoms with E-state index < -0.39 is 0 Å². The lowest BCUT2D eigenvalue weighted by Crippen LogP contribution is -2.48. The summed E-state index contributed by atoms with van der Waals surface area (Å²) in [5.74, 6) is 0.134. The van der Waals surface area contributed by atoms with Gasteiger partial charge in [-0.05, 0) is 35.8 Å². The first-order chi connectivity index (χ1) is 18.2. The van der Waals surface area contributed by atoms with Gasteiger partial charge in [0.2, 0.25) is 11.8 Å². The number of carbonyl (C=O) groups is 2. The van der Waals surface area contributed by atoms with Crippen molar-refractivity contribution in [1.82, 2.24) is 25.3 Å². The van der Waals surface area contributed by atoms with Crippen molar-refractivity contribution >= 4 is 33.4 Å². The van der Waals surface area contributed by atoms with E-state index in [2.05, 4.69) is 53.4 Å². The number of nitrogens with one attached hydrogen (secondary N) is 1. The average Bonchev–Trinajstić information content (AvgIpc) is 3.42. The van der Waals surface area contributed by atoms with Gasteiger partial charge in [-0.15, -0.1) is 0 Å². The molecule has 0 radical (unpaired) electrons. The highest BCUT2D eigenvalue weighted by atomic mass is 79.9. The van der Waals surface area contributed by atoms with Crippen LogP contribution in [0.15, 0.2) is 53.3 Å². The summed E-state index contributed by atoms with van der Waals surface area (Å²) in [4.78, 5) is 37.6. The molecule has 0 bridgehead atoms. The molecule has 2 amide bonds. The molecule has 0 saturated carbocycles. The molecule has 1 N–H and O–H groups in total. The summed E-state index contributed by atoms with van der Waals surface area (Å²) in [6.45, 7) is 11.0. The van der Waals surface area contributed by atoms with Gasteiger partial charge < -0.3 is 19.6 Å². The summed E-state index contributed by atoms with van der Waals surface area (Å²) < 4.78 is 5.23. The van der Waals surface area contributed by atoms with Crippen LogP contribution in [0.25, 0.3) is 11.1 Å². The number of hydrogen-bond acceptors (Lipinski definition) is 7. The third-order valence-corrected chi connectivity index (χ3v) is 6.82. The fraction of sp³-hybridized carbons (Fsp3) is 0.393. The predicted molar refractivity (Wildman–Crippen MR) is 150 cm³/mol. The number of pyridine rings is 1. The third-order valence-electron chi connectivity index (χ3n) is 6.45. The highest BCUT2D eigenvalue weighted by molar-refractivity contribution is 9.09. The van der Waals surface area contributed by atoms with Gasteiger partial charge in [0.15, 0.2) is 0 Å². The Morgan fingerprint density at radius 3 is 2.58 bits per heavy atom. The van der Waals surface area contributed by atoms with Gasteiger partial charge in [-0.1, -0.05) is 66.1 Å². The van der Waals surface area contributed by atoms with E-state index in [0.29, 0.717) is 30.9 Å². The van der Waals surface area contributed by atoms with Gasteiger partial charge in [-0.3, -0.25) is 14.6 Å². The van der Waals surface area contributed by atoms with Gasteiger partial charge in [0.1, 0.15) is 0 Å². The monoisotopic (exact) mass is 580 g/mol. The number of alkyl halides is 1. The van der Waals surface area contributed by atoms with E-state index in [9.17, 15) is 9.59 Å². The number of anilines is 1. The Hall–Kier alpha value is -3.53. The van der Waals surface area contributed by atoms with Crippen molar-refractivity contribution in [3.05, 3.63) is 71.7 Å². The minimum atomic E-state index is -0.371. The molecule has 1 aliphatic heterocycles. The largest absolute Gasteiger partial charge is 0.366 e. The molecule has 2 aromatic heterocycles. The normalized spacial score (nSPS) is 14.2. The van der Waals surface area contributed by atoms with Crippen molar-refractivity contribution < 1.29 is 14.1 Å². The molecule has 4 rings (SSSR count). The maximum atomic E-state index is 12.6. The first-order valence-corrected chi connectivity index (χ1v) is 13.7. The molecule has 1 aliphatic rings. The number of halogens is 1. The zero-order valence-electron chi connectivity index (χ0n) is 22.2. The Bertz CT molecular complexity index is 1320. The molecule has 0 aliphatic carbocycles. The van der Waals surface area contributed by atoms with Crippen molar-refractivity contribution in [2.75, 3.05) is 36.4 Å². The highest BCUT2D eigenvalue weighted by Crippen LogP contribution is 2.32. The highest BCUT2D eigenvalue weighted by Gasteiger charge is 2.25. The van der Waals surface area contributed by atoms with E-state index in [4.69, 9.17) is 4.52 Å². The van der Waals surface area contributed by atoms with E-state index in [1.165, 1.54) is 0 Å². The van der Waals surface area contributed by atoms with E-state index >= 15 is 0 Å². The van der Waals surface area contributed by atoms with E-state index in [-0.39, 0.29) is 23.1 Å². The van der Waals surface area contributed by atoms with E-state index in [0.717, 1.165) is 41.0 Å². The van der Waals surface area contributed by atoms with Crippen molar-refractivity contribution in [3.63, 3.8) is 0 Å². The van der Waals surface area contributed by atoms with Crippen LogP contribution in [0, 0.1) is 6.92 Å². The smallest absolute Gasteiger partial charge is 0.292 e. The molecule has 3 heterocycles. The first kappa shape index (κ1) is 27.5. The molecule has 0 unspecified atom stereocenters. The second-order valence-corrected chi connectivity index (χ2v) is 10.9. The number of rotatable bonds is 7. The Labute approximate surface area is 231 Å². The van der Waals surface area contributed by atoms with Crippen LogP contribution in [-0.4, -0.2) is 63.3 Å². The molecule has 9 nitrogen and oxygen atoms in total. The number of hydrogen-bond donors (Lipinski definition) is 1. The fourth-order valence-corrected chi connectivity index (χ4v) is 4.42. The van der Waals surface area contributed by atoms with Gasteiger partial charge in [-0.25, -0.2) is 0 Å². The summed E-state index contributed by atoms with van der Waals surface area (Å²) in [6, 6.07) is 8.23. The topological polar surface area (TPSA) is 104 Å². The number of aryl methyl sites for hydroxylation is 1. The Morgan fingerprint density at radius 1 is 1.16 bits per heavy atom. The summed E-state index contributed by atoms with van der Waals surface area (Å²) in [6.07, 6.45) is 7.12. The number of benzene rings is 1. The minimum absolute atomic E-state index is 0.0339. The van der Waals surface area contributed by atoms with Gasteiger partial charge in [0.05, 0.1) is 11.9 Å². The molecule has 1 aromatic carbocycles. The van der Waals surface area contributed by atoms with Crippen molar-refractivity contribution in [3.8, 4) is 11.1 Å². The van der Waals surface area contributed by atoms with Crippen LogP contribution in [0.3, 0.4) is 0 Å². The van der Waals surface area contributed by atoms with Crippen LogP contribution in [0.1, 0.15) is 48.4 Å². The standard InChI is InChI=1S/C28H33BrN6O3/c1-19-16-20(7-8-21(19)17-31-26(37)25-32-27(38-33-25)28(2,3)4)22-9-11-30-18-23(22)34-12-14-35(15-13-34)24(36)6-5-10-29/h5-9,11,16,18H,10,12-15,17H2,1-4H3,(H,31,37)/b6-5+. The summed E-state index contributed by atoms with van der Waals surface area (Å²) in [5, 5.41) is 7.37. The van der Waals surface area contributed by atoms with Crippen LogP contribution in [-0.2, 0) is 16.8 Å². The Balaban J connectivity index is 1.43. The summed E-state index contributed by atoms with van der Waals surface area (Å²) in [7, 11) is 0.